The second-order valence-corrected chi connectivity index (χ2v) is 9.83. The molecule has 216 valence electrons. The highest BCUT2D eigenvalue weighted by Gasteiger charge is 2.41. The van der Waals surface area contributed by atoms with Crippen LogP contribution in [0, 0.1) is 22.9 Å². The van der Waals surface area contributed by atoms with Crippen LogP contribution in [0.2, 0.25) is 0 Å². The minimum Gasteiger partial charge on any atom is -0.497 e. The van der Waals surface area contributed by atoms with E-state index in [0.29, 0.717) is 49.1 Å². The number of aromatic nitrogens is 1. The van der Waals surface area contributed by atoms with Crippen molar-refractivity contribution in [2.75, 3.05) is 33.4 Å². The van der Waals surface area contributed by atoms with Gasteiger partial charge in [-0.05, 0) is 57.0 Å². The summed E-state index contributed by atoms with van der Waals surface area (Å²) >= 11 is 0. The molecule has 1 aliphatic rings. The number of hydrogen-bond donors (Lipinski definition) is 2. The van der Waals surface area contributed by atoms with E-state index >= 15 is 4.39 Å². The maximum Gasteiger partial charge on any atom is 0.249 e. The molecule has 0 saturated carbocycles. The number of carbonyl (C=O) groups excluding carboxylic acids is 1. The van der Waals surface area contributed by atoms with Crippen molar-refractivity contribution in [3.8, 4) is 11.5 Å². The van der Waals surface area contributed by atoms with Crippen LogP contribution < -0.4 is 15.0 Å². The third kappa shape index (κ3) is 6.28. The van der Waals surface area contributed by atoms with Gasteiger partial charge in [0.15, 0.2) is 17.5 Å². The lowest BCUT2D eigenvalue weighted by Gasteiger charge is -2.40. The van der Waals surface area contributed by atoms with Crippen LogP contribution in [0.1, 0.15) is 43.0 Å². The summed E-state index contributed by atoms with van der Waals surface area (Å²) in [5.41, 5.74) is 1.41. The molecule has 0 bridgehead atoms. The van der Waals surface area contributed by atoms with Gasteiger partial charge in [-0.1, -0.05) is 0 Å². The molecule has 1 aliphatic heterocycles. The molecule has 3 aromatic rings. The van der Waals surface area contributed by atoms with Gasteiger partial charge in [-0.15, -0.1) is 0 Å². The number of ether oxygens (including phenoxy) is 2. The number of nitrogens with one attached hydrogen (secondary N) is 1. The molecule has 0 unspecified atom stereocenters. The molecule has 7 nitrogen and oxygen atoms in total. The molecule has 1 amide bonds. The van der Waals surface area contributed by atoms with E-state index in [1.807, 2.05) is 4.90 Å². The Hall–Kier alpha value is -3.51. The lowest BCUT2D eigenvalue weighted by Crippen LogP contribution is -2.49. The number of benzene rings is 2. The first kappa shape index (κ1) is 29.5. The quantitative estimate of drug-likeness (QED) is 0.136. The number of amides is 1. The summed E-state index contributed by atoms with van der Waals surface area (Å²) in [5.74, 6) is -4.57. The van der Waals surface area contributed by atoms with Crippen molar-refractivity contribution in [3.63, 3.8) is 0 Å². The molecular weight excluding hydrogens is 537 g/mol. The first-order valence-electron chi connectivity index (χ1n) is 12.8. The summed E-state index contributed by atoms with van der Waals surface area (Å²) < 4.78 is 80.1. The smallest absolute Gasteiger partial charge is 0.249 e. The Labute approximate surface area is 227 Å². The zero-order chi connectivity index (χ0) is 28.9. The van der Waals surface area contributed by atoms with Crippen molar-refractivity contribution >= 4 is 16.8 Å². The van der Waals surface area contributed by atoms with E-state index in [-0.39, 0.29) is 36.3 Å². The van der Waals surface area contributed by atoms with E-state index in [0.717, 1.165) is 12.1 Å². The van der Waals surface area contributed by atoms with Crippen molar-refractivity contribution in [1.82, 2.24) is 15.4 Å². The second-order valence-electron chi connectivity index (χ2n) is 9.83. The summed E-state index contributed by atoms with van der Waals surface area (Å²) in [4.78, 5) is 18.9. The van der Waals surface area contributed by atoms with Gasteiger partial charge < -0.3 is 9.47 Å². The monoisotopic (exact) mass is 567 g/mol. The summed E-state index contributed by atoms with van der Waals surface area (Å²) in [7, 11) is 1.47. The zero-order valence-corrected chi connectivity index (χ0v) is 21.9. The fraction of sp³-hybridized carbons (Fsp3) is 0.429. The fourth-order valence-electron chi connectivity index (χ4n) is 5.21. The third-order valence-electron chi connectivity index (χ3n) is 7.56. The molecule has 1 fully saturated rings. The first-order valence-corrected chi connectivity index (χ1v) is 12.8. The van der Waals surface area contributed by atoms with Gasteiger partial charge in [-0.2, -0.15) is 0 Å². The van der Waals surface area contributed by atoms with Crippen LogP contribution in [-0.4, -0.2) is 54.3 Å². The fourth-order valence-corrected chi connectivity index (χ4v) is 5.21. The van der Waals surface area contributed by atoms with Crippen LogP contribution in [0.15, 0.2) is 36.5 Å². The molecule has 2 heterocycles. The van der Waals surface area contributed by atoms with Crippen molar-refractivity contribution in [2.24, 2.45) is 5.41 Å². The van der Waals surface area contributed by atoms with E-state index in [1.54, 1.807) is 23.7 Å². The van der Waals surface area contributed by atoms with Crippen molar-refractivity contribution in [1.29, 1.82) is 0 Å². The van der Waals surface area contributed by atoms with Crippen LogP contribution in [0.5, 0.6) is 11.5 Å². The first-order chi connectivity index (χ1) is 19.2. The number of alkyl halides is 2. The highest BCUT2D eigenvalue weighted by molar-refractivity contribution is 5.85. The van der Waals surface area contributed by atoms with Crippen molar-refractivity contribution < 1.29 is 41.4 Å². The highest BCUT2D eigenvalue weighted by Crippen LogP contribution is 2.41. The lowest BCUT2D eigenvalue weighted by atomic mass is 9.73. The summed E-state index contributed by atoms with van der Waals surface area (Å²) in [5, 5.41) is 9.86. The molecule has 12 heteroatoms. The molecule has 1 saturated heterocycles. The number of fused-ring (bicyclic) bond motifs is 1. The van der Waals surface area contributed by atoms with Crippen molar-refractivity contribution in [2.45, 2.75) is 38.5 Å². The van der Waals surface area contributed by atoms with Crippen LogP contribution in [0.25, 0.3) is 10.9 Å². The maximum atomic E-state index is 15.8. The third-order valence-corrected chi connectivity index (χ3v) is 7.56. The van der Waals surface area contributed by atoms with Gasteiger partial charge in [0.2, 0.25) is 5.91 Å². The summed E-state index contributed by atoms with van der Waals surface area (Å²) in [6.07, 6.45) is 0.302. The Morgan fingerprint density at radius 2 is 1.85 bits per heavy atom. The largest absolute Gasteiger partial charge is 0.497 e. The van der Waals surface area contributed by atoms with Crippen LogP contribution in [0.3, 0.4) is 0 Å². The lowest BCUT2D eigenvalue weighted by molar-refractivity contribution is -0.143. The number of likely N-dealkylation sites (tertiary alicyclic amines) is 1. The van der Waals surface area contributed by atoms with Crippen LogP contribution >= 0.6 is 0 Å². The van der Waals surface area contributed by atoms with Crippen LogP contribution in [-0.2, 0) is 11.5 Å². The number of methoxy groups -OCH3 is 1. The van der Waals surface area contributed by atoms with E-state index in [2.05, 4.69) is 4.98 Å². The number of pyridine rings is 1. The number of rotatable bonds is 11. The average molecular weight is 568 g/mol. The van der Waals surface area contributed by atoms with Gasteiger partial charge in [0.1, 0.15) is 31.0 Å². The van der Waals surface area contributed by atoms with Gasteiger partial charge in [0.25, 0.3) is 0 Å². The van der Waals surface area contributed by atoms with Gasteiger partial charge in [-0.25, -0.2) is 27.4 Å². The van der Waals surface area contributed by atoms with Gasteiger partial charge >= 0.3 is 0 Å². The topological polar surface area (TPSA) is 83.9 Å². The van der Waals surface area contributed by atoms with E-state index in [4.69, 9.17) is 9.47 Å². The maximum absolute atomic E-state index is 15.8. The average Bonchev–Trinajstić information content (AvgIpc) is 2.97. The molecule has 0 aliphatic carbocycles. The molecule has 40 heavy (non-hydrogen) atoms. The van der Waals surface area contributed by atoms with E-state index < -0.39 is 41.6 Å². The summed E-state index contributed by atoms with van der Waals surface area (Å²) in [6, 6.07) is 6.46. The van der Waals surface area contributed by atoms with E-state index in [1.165, 1.54) is 13.3 Å². The van der Waals surface area contributed by atoms with Gasteiger partial charge in [-0.3, -0.25) is 19.9 Å². The number of halogens is 5. The SMILES string of the molecule is COc1ccc2ncc(CF)c([C@H](F)CCC3(C(=O)NO)CCN(CCOc4cc(F)c(F)c(F)c4)CC3)c2c1. The molecule has 0 radical (unpaired) electrons. The standard InChI is InChI=1S/C28H30F5N3O4/c1-39-18-2-3-24-20(12-18)25(17(15-29)16-34-24)21(30)4-5-28(27(37)35-38)6-8-36(9-7-28)10-11-40-19-13-22(31)26(33)23(32)14-19/h2-3,12-14,16,21,38H,4-11,15H2,1H3,(H,35,37)/t21-/m1/s1. The molecule has 2 N–H and O–H groups in total. The molecular formula is C28H30F5N3O4. The zero-order valence-electron chi connectivity index (χ0n) is 21.9. The van der Waals surface area contributed by atoms with Crippen LogP contribution in [0.4, 0.5) is 22.0 Å². The normalized spacial score (nSPS) is 16.1. The van der Waals surface area contributed by atoms with Gasteiger partial charge in [0, 0.05) is 41.4 Å². The number of piperidine rings is 1. The summed E-state index contributed by atoms with van der Waals surface area (Å²) in [6.45, 7) is 0.317. The van der Waals surface area contributed by atoms with E-state index in [9.17, 15) is 27.6 Å². The number of carbonyl (C=O) groups is 1. The second kappa shape index (κ2) is 12.8. The molecule has 1 aromatic heterocycles. The molecule has 4 rings (SSSR count). The predicted molar refractivity (Wildman–Crippen MR) is 136 cm³/mol. The minimum absolute atomic E-state index is 0.0564. The highest BCUT2D eigenvalue weighted by atomic mass is 19.2. The number of nitrogens with zero attached hydrogens (tertiary/aromatic N) is 2. The predicted octanol–water partition coefficient (Wildman–Crippen LogP) is 5.59. The molecule has 0 spiro atoms. The minimum atomic E-state index is -1.60. The Bertz CT molecular complexity index is 1320. The van der Waals surface area contributed by atoms with Crippen molar-refractivity contribution in [3.05, 3.63) is 65.1 Å². The Morgan fingerprint density at radius 3 is 2.48 bits per heavy atom. The number of hydroxylamine groups is 1. The molecule has 1 atom stereocenters. The Balaban J connectivity index is 1.41. The molecule has 2 aromatic carbocycles. The number of hydrogen-bond acceptors (Lipinski definition) is 6. The Kier molecular flexibility index (Phi) is 9.41. The Morgan fingerprint density at radius 1 is 1.15 bits per heavy atom. The van der Waals surface area contributed by atoms with Gasteiger partial charge in [0.05, 0.1) is 18.0 Å².